The molecule has 0 amide bonds. The molecular formula is C12H18N2O3. The molecule has 0 aliphatic heterocycles. The monoisotopic (exact) mass is 238 g/mol. The summed E-state index contributed by atoms with van der Waals surface area (Å²) in [4.78, 5) is 17.1. The summed E-state index contributed by atoms with van der Waals surface area (Å²) in [6.45, 7) is 5.59. The minimum absolute atomic E-state index is 0.217. The lowest BCUT2D eigenvalue weighted by Gasteiger charge is -2.20. The summed E-state index contributed by atoms with van der Waals surface area (Å²) in [5, 5.41) is 9.08. The van der Waals surface area contributed by atoms with Crippen molar-refractivity contribution in [2.75, 3.05) is 31.7 Å². The Labute approximate surface area is 101 Å². The molecule has 0 unspecified atom stereocenters. The number of nitrogens with zero attached hydrogens (tertiary/aromatic N) is 2. The van der Waals surface area contributed by atoms with E-state index in [0.717, 1.165) is 5.69 Å². The fraction of sp³-hybridized carbons (Fsp3) is 0.500. The predicted octanol–water partition coefficient (Wildman–Crippen LogP) is 1.56. The summed E-state index contributed by atoms with van der Waals surface area (Å²) in [5.41, 5.74) is 1.02. The molecule has 0 fully saturated rings. The third kappa shape index (κ3) is 3.71. The van der Waals surface area contributed by atoms with Crippen molar-refractivity contribution < 1.29 is 14.6 Å². The van der Waals surface area contributed by atoms with Crippen LogP contribution in [-0.4, -0.2) is 42.9 Å². The van der Waals surface area contributed by atoms with Crippen LogP contribution in [0.4, 0.5) is 5.82 Å². The van der Waals surface area contributed by atoms with Gasteiger partial charge in [0.1, 0.15) is 11.4 Å². The first-order valence-corrected chi connectivity index (χ1v) is 5.56. The fourth-order valence-corrected chi connectivity index (χ4v) is 1.45. The molecule has 17 heavy (non-hydrogen) atoms. The summed E-state index contributed by atoms with van der Waals surface area (Å²) in [5.74, 6) is -0.479. The number of anilines is 1. The summed E-state index contributed by atoms with van der Waals surface area (Å²) >= 11 is 0. The number of carbonyl (C=O) groups is 1. The topological polar surface area (TPSA) is 62.7 Å². The SMILES string of the molecule is CCOCCN(C)c1nc(C)ccc1C(=O)O. The van der Waals surface area contributed by atoms with Crippen molar-refractivity contribution in [3.8, 4) is 0 Å². The van der Waals surface area contributed by atoms with Crippen molar-refractivity contribution in [1.82, 2.24) is 4.98 Å². The van der Waals surface area contributed by atoms with Gasteiger partial charge in [0.2, 0.25) is 0 Å². The lowest BCUT2D eigenvalue weighted by atomic mass is 10.2. The molecule has 0 aliphatic carbocycles. The maximum absolute atomic E-state index is 11.1. The zero-order valence-corrected chi connectivity index (χ0v) is 10.4. The van der Waals surface area contributed by atoms with Crippen LogP contribution in [0.15, 0.2) is 12.1 Å². The Morgan fingerprint density at radius 1 is 1.53 bits per heavy atom. The Hall–Kier alpha value is -1.62. The number of rotatable bonds is 6. The fourth-order valence-electron chi connectivity index (χ4n) is 1.45. The summed E-state index contributed by atoms with van der Waals surface area (Å²) in [6, 6.07) is 3.28. The molecule has 0 saturated carbocycles. The maximum atomic E-state index is 11.1. The predicted molar refractivity (Wildman–Crippen MR) is 65.7 cm³/mol. The van der Waals surface area contributed by atoms with Crippen molar-refractivity contribution in [2.24, 2.45) is 0 Å². The normalized spacial score (nSPS) is 10.3. The molecule has 0 spiro atoms. The van der Waals surface area contributed by atoms with Crippen LogP contribution in [0.2, 0.25) is 0 Å². The van der Waals surface area contributed by atoms with E-state index in [1.807, 2.05) is 20.9 Å². The van der Waals surface area contributed by atoms with Gasteiger partial charge in [0.25, 0.3) is 0 Å². The lowest BCUT2D eigenvalue weighted by Crippen LogP contribution is -2.25. The lowest BCUT2D eigenvalue weighted by molar-refractivity contribution is 0.0697. The van der Waals surface area contributed by atoms with E-state index in [0.29, 0.717) is 25.6 Å². The molecule has 94 valence electrons. The molecule has 1 aromatic heterocycles. The van der Waals surface area contributed by atoms with Crippen LogP contribution in [-0.2, 0) is 4.74 Å². The van der Waals surface area contributed by atoms with Crippen LogP contribution in [0, 0.1) is 6.92 Å². The van der Waals surface area contributed by atoms with Crippen LogP contribution in [0.5, 0.6) is 0 Å². The van der Waals surface area contributed by atoms with Crippen LogP contribution >= 0.6 is 0 Å². The van der Waals surface area contributed by atoms with Crippen molar-refractivity contribution in [1.29, 1.82) is 0 Å². The summed E-state index contributed by atoms with van der Waals surface area (Å²) in [7, 11) is 1.81. The van der Waals surface area contributed by atoms with E-state index in [2.05, 4.69) is 4.98 Å². The third-order valence-corrected chi connectivity index (χ3v) is 2.38. The van der Waals surface area contributed by atoms with Crippen molar-refractivity contribution in [2.45, 2.75) is 13.8 Å². The standard InChI is InChI=1S/C12H18N2O3/c1-4-17-8-7-14(3)11-10(12(15)16)6-5-9(2)13-11/h5-6H,4,7-8H2,1-3H3,(H,15,16). The Kier molecular flexibility index (Phi) is 4.90. The van der Waals surface area contributed by atoms with E-state index >= 15 is 0 Å². The maximum Gasteiger partial charge on any atom is 0.339 e. The second-order valence-corrected chi connectivity index (χ2v) is 3.75. The largest absolute Gasteiger partial charge is 0.478 e. The van der Waals surface area contributed by atoms with Crippen LogP contribution in [0.1, 0.15) is 23.0 Å². The van der Waals surface area contributed by atoms with E-state index in [-0.39, 0.29) is 5.56 Å². The minimum Gasteiger partial charge on any atom is -0.478 e. The molecule has 1 N–H and O–H groups in total. The van der Waals surface area contributed by atoms with Gasteiger partial charge in [-0.15, -0.1) is 0 Å². The number of likely N-dealkylation sites (N-methyl/N-ethyl adjacent to an activating group) is 1. The third-order valence-electron chi connectivity index (χ3n) is 2.38. The molecule has 1 aromatic rings. The van der Waals surface area contributed by atoms with Gasteiger partial charge in [-0.2, -0.15) is 0 Å². The molecule has 0 radical (unpaired) electrons. The van der Waals surface area contributed by atoms with Crippen LogP contribution in [0.25, 0.3) is 0 Å². The molecule has 0 aromatic carbocycles. The summed E-state index contributed by atoms with van der Waals surface area (Å²) in [6.07, 6.45) is 0. The average molecular weight is 238 g/mol. The molecular weight excluding hydrogens is 220 g/mol. The van der Waals surface area contributed by atoms with Gasteiger partial charge >= 0.3 is 5.97 Å². The van der Waals surface area contributed by atoms with Crippen molar-refractivity contribution in [3.63, 3.8) is 0 Å². The van der Waals surface area contributed by atoms with Crippen LogP contribution in [0.3, 0.4) is 0 Å². The quantitative estimate of drug-likeness (QED) is 0.762. The van der Waals surface area contributed by atoms with Crippen molar-refractivity contribution in [3.05, 3.63) is 23.4 Å². The number of aromatic nitrogens is 1. The number of carboxylic acid groups (broad SMARTS) is 1. The van der Waals surface area contributed by atoms with Gasteiger partial charge in [0, 0.05) is 25.9 Å². The number of pyridine rings is 1. The number of ether oxygens (including phenoxy) is 1. The Balaban J connectivity index is 2.86. The van der Waals surface area contributed by atoms with Gasteiger partial charge in [-0.05, 0) is 26.0 Å². The molecule has 0 saturated heterocycles. The molecule has 0 atom stereocenters. The van der Waals surface area contributed by atoms with Gasteiger partial charge in [-0.1, -0.05) is 0 Å². The molecule has 5 heteroatoms. The highest BCUT2D eigenvalue weighted by molar-refractivity contribution is 5.93. The first-order chi connectivity index (χ1) is 8.06. The van der Waals surface area contributed by atoms with E-state index in [9.17, 15) is 4.79 Å². The van der Waals surface area contributed by atoms with Gasteiger partial charge in [0.15, 0.2) is 0 Å². The van der Waals surface area contributed by atoms with E-state index in [4.69, 9.17) is 9.84 Å². The highest BCUT2D eigenvalue weighted by Crippen LogP contribution is 2.17. The summed E-state index contributed by atoms with van der Waals surface area (Å²) < 4.78 is 5.24. The minimum atomic E-state index is -0.962. The highest BCUT2D eigenvalue weighted by Gasteiger charge is 2.14. The van der Waals surface area contributed by atoms with Gasteiger partial charge in [0.05, 0.1) is 6.61 Å². The Bertz CT molecular complexity index is 393. The van der Waals surface area contributed by atoms with E-state index < -0.39 is 5.97 Å². The second-order valence-electron chi connectivity index (χ2n) is 3.75. The first kappa shape index (κ1) is 13.4. The first-order valence-electron chi connectivity index (χ1n) is 5.56. The number of aromatic carboxylic acids is 1. The number of hydrogen-bond acceptors (Lipinski definition) is 4. The zero-order chi connectivity index (χ0) is 12.8. The zero-order valence-electron chi connectivity index (χ0n) is 10.4. The van der Waals surface area contributed by atoms with Crippen LogP contribution < -0.4 is 4.90 Å². The molecule has 5 nitrogen and oxygen atoms in total. The van der Waals surface area contributed by atoms with Gasteiger partial charge in [-0.25, -0.2) is 9.78 Å². The Morgan fingerprint density at radius 3 is 2.82 bits per heavy atom. The van der Waals surface area contributed by atoms with Crippen molar-refractivity contribution >= 4 is 11.8 Å². The second kappa shape index (κ2) is 6.20. The smallest absolute Gasteiger partial charge is 0.339 e. The molecule has 0 bridgehead atoms. The van der Waals surface area contributed by atoms with Gasteiger partial charge in [-0.3, -0.25) is 0 Å². The molecule has 0 aliphatic rings. The molecule has 1 heterocycles. The average Bonchev–Trinajstić information content (AvgIpc) is 2.28. The Morgan fingerprint density at radius 2 is 2.24 bits per heavy atom. The highest BCUT2D eigenvalue weighted by atomic mass is 16.5. The van der Waals surface area contributed by atoms with E-state index in [1.165, 1.54) is 0 Å². The van der Waals surface area contributed by atoms with Gasteiger partial charge < -0.3 is 14.7 Å². The number of carboxylic acids is 1. The van der Waals surface area contributed by atoms with E-state index in [1.54, 1.807) is 17.0 Å². The number of hydrogen-bond donors (Lipinski definition) is 1. The molecule has 1 rings (SSSR count). The number of aryl methyl sites for hydroxylation is 1.